The van der Waals surface area contributed by atoms with Gasteiger partial charge in [-0.25, -0.2) is 0 Å². The third kappa shape index (κ3) is 5.01. The van der Waals surface area contributed by atoms with Crippen molar-refractivity contribution in [3.63, 3.8) is 0 Å². The Labute approximate surface area is 126 Å². The van der Waals surface area contributed by atoms with Crippen LogP contribution in [0.4, 0.5) is 0 Å². The smallest absolute Gasteiger partial charge is 0.279 e. The van der Waals surface area contributed by atoms with Crippen LogP contribution in [-0.2, 0) is 9.59 Å². The molecule has 21 heavy (non-hydrogen) atoms. The Morgan fingerprint density at radius 1 is 1.38 bits per heavy atom. The van der Waals surface area contributed by atoms with E-state index < -0.39 is 5.54 Å². The molecule has 118 valence electrons. The van der Waals surface area contributed by atoms with Crippen molar-refractivity contribution in [1.82, 2.24) is 10.6 Å². The summed E-state index contributed by atoms with van der Waals surface area (Å²) in [6, 6.07) is 2.10. The van der Waals surface area contributed by atoms with Crippen molar-refractivity contribution >= 4 is 11.8 Å². The molecule has 3 atom stereocenters. The van der Waals surface area contributed by atoms with Crippen LogP contribution in [0.5, 0.6) is 0 Å². The first-order chi connectivity index (χ1) is 9.69. The summed E-state index contributed by atoms with van der Waals surface area (Å²) in [5.74, 6) is -0.219. The van der Waals surface area contributed by atoms with Crippen molar-refractivity contribution in [2.45, 2.75) is 58.2 Å². The Hall–Kier alpha value is -1.61. The molecule has 1 saturated carbocycles. The van der Waals surface area contributed by atoms with Gasteiger partial charge in [0.15, 0.2) is 12.6 Å². The Morgan fingerprint density at radius 3 is 2.38 bits per heavy atom. The molecule has 6 nitrogen and oxygen atoms in total. The number of carbonyl (C=O) groups excluding carboxylic acids is 2. The van der Waals surface area contributed by atoms with Gasteiger partial charge in [0.05, 0.1) is 13.1 Å². The van der Waals surface area contributed by atoms with E-state index in [4.69, 9.17) is 0 Å². The van der Waals surface area contributed by atoms with E-state index in [0.717, 1.165) is 17.7 Å². The highest BCUT2D eigenvalue weighted by atomic mass is 16.2. The molecule has 2 amide bonds. The number of rotatable bonds is 7. The largest absolute Gasteiger partial charge is 0.348 e. The summed E-state index contributed by atoms with van der Waals surface area (Å²) in [6.07, 6.45) is 2.10. The van der Waals surface area contributed by atoms with Crippen LogP contribution >= 0.6 is 0 Å². The number of amides is 2. The van der Waals surface area contributed by atoms with Crippen LogP contribution in [0.3, 0.4) is 0 Å². The second-order valence-corrected chi connectivity index (χ2v) is 6.54. The first kappa shape index (κ1) is 17.4. The highest BCUT2D eigenvalue weighted by molar-refractivity contribution is 5.82. The van der Waals surface area contributed by atoms with E-state index in [1.165, 1.54) is 0 Å². The average molecular weight is 295 g/mol. The zero-order valence-corrected chi connectivity index (χ0v) is 13.6. The molecule has 1 rings (SSSR count). The van der Waals surface area contributed by atoms with Gasteiger partial charge in [-0.2, -0.15) is 5.26 Å². The minimum absolute atomic E-state index is 0.0112. The Bertz CT molecular complexity index is 439. The van der Waals surface area contributed by atoms with Gasteiger partial charge in [0.1, 0.15) is 5.54 Å². The molecular weight excluding hydrogens is 268 g/mol. The van der Waals surface area contributed by atoms with Gasteiger partial charge < -0.3 is 15.5 Å². The number of hydrogen-bond acceptors (Lipinski definition) is 3. The third-order valence-electron chi connectivity index (χ3n) is 4.28. The second-order valence-electron chi connectivity index (χ2n) is 6.54. The van der Waals surface area contributed by atoms with Crippen molar-refractivity contribution in [2.24, 2.45) is 5.92 Å². The highest BCUT2D eigenvalue weighted by Crippen LogP contribution is 2.18. The molecule has 0 spiro atoms. The molecule has 1 unspecified atom stereocenters. The van der Waals surface area contributed by atoms with Gasteiger partial charge >= 0.3 is 0 Å². The number of likely N-dealkylation sites (N-methyl/N-ethyl adjacent to an activating group) is 1. The van der Waals surface area contributed by atoms with E-state index in [2.05, 4.69) is 16.7 Å². The third-order valence-corrected chi connectivity index (χ3v) is 4.28. The number of nitrogens with one attached hydrogen (secondary N) is 3. The van der Waals surface area contributed by atoms with Gasteiger partial charge in [-0.15, -0.1) is 0 Å². The fraction of sp³-hybridized carbons (Fsp3) is 0.800. The normalized spacial score (nSPS) is 20.0. The monoisotopic (exact) mass is 295 g/mol. The first-order valence-electron chi connectivity index (χ1n) is 7.54. The molecule has 0 bridgehead atoms. The summed E-state index contributed by atoms with van der Waals surface area (Å²) < 4.78 is 0. The Morgan fingerprint density at radius 2 is 1.95 bits per heavy atom. The topological polar surface area (TPSA) is 86.4 Å². The van der Waals surface area contributed by atoms with Gasteiger partial charge in [-0.3, -0.25) is 9.59 Å². The molecule has 0 aromatic carbocycles. The van der Waals surface area contributed by atoms with Crippen LogP contribution in [0.15, 0.2) is 0 Å². The fourth-order valence-electron chi connectivity index (χ4n) is 1.80. The number of carbonyl (C=O) groups is 2. The van der Waals surface area contributed by atoms with E-state index in [1.807, 2.05) is 20.9 Å². The van der Waals surface area contributed by atoms with E-state index in [-0.39, 0.29) is 30.3 Å². The van der Waals surface area contributed by atoms with Crippen molar-refractivity contribution in [2.75, 3.05) is 13.6 Å². The van der Waals surface area contributed by atoms with Crippen LogP contribution in [-0.4, -0.2) is 43.0 Å². The summed E-state index contributed by atoms with van der Waals surface area (Å²) in [5, 5.41) is 15.0. The standard InChI is InChI=1S/C15H26N4O2/c1-10(2)15(4,9-16)18-14(21)11(3)19(5)8-13(20)17-12-6-7-12/h10-12H,6-8H2,1-5H3,(H,17,20)(H,18,21)/p+1/t11-,15+/m1/s1. The molecule has 0 heterocycles. The van der Waals surface area contributed by atoms with Crippen LogP contribution in [0.1, 0.15) is 40.5 Å². The lowest BCUT2D eigenvalue weighted by Crippen LogP contribution is -3.15. The molecule has 0 aromatic heterocycles. The van der Waals surface area contributed by atoms with Crippen molar-refractivity contribution in [1.29, 1.82) is 5.26 Å². The Balaban J connectivity index is 2.52. The van der Waals surface area contributed by atoms with E-state index in [1.54, 1.807) is 13.8 Å². The maximum Gasteiger partial charge on any atom is 0.279 e. The number of hydrogen-bond donors (Lipinski definition) is 3. The zero-order chi connectivity index (χ0) is 16.2. The molecular formula is C15H27N4O2+. The predicted molar refractivity (Wildman–Crippen MR) is 79.4 cm³/mol. The van der Waals surface area contributed by atoms with Gasteiger partial charge in [0.2, 0.25) is 0 Å². The molecule has 0 saturated heterocycles. The molecule has 1 aliphatic rings. The summed E-state index contributed by atoms with van der Waals surface area (Å²) >= 11 is 0. The van der Waals surface area contributed by atoms with Gasteiger partial charge in [-0.05, 0) is 32.6 Å². The van der Waals surface area contributed by atoms with Crippen molar-refractivity contribution < 1.29 is 14.5 Å². The quantitative estimate of drug-likeness (QED) is 0.576. The lowest BCUT2D eigenvalue weighted by Gasteiger charge is -2.29. The predicted octanol–water partition coefficient (Wildman–Crippen LogP) is -0.777. The van der Waals surface area contributed by atoms with Gasteiger partial charge in [-0.1, -0.05) is 13.8 Å². The zero-order valence-electron chi connectivity index (χ0n) is 13.6. The molecule has 1 fully saturated rings. The summed E-state index contributed by atoms with van der Waals surface area (Å²) in [4.78, 5) is 24.8. The maximum atomic E-state index is 12.3. The average Bonchev–Trinajstić information content (AvgIpc) is 3.20. The number of nitriles is 1. The van der Waals surface area contributed by atoms with Crippen LogP contribution in [0, 0.1) is 17.2 Å². The molecule has 6 heteroatoms. The van der Waals surface area contributed by atoms with Gasteiger partial charge in [0, 0.05) is 6.04 Å². The fourth-order valence-corrected chi connectivity index (χ4v) is 1.80. The lowest BCUT2D eigenvalue weighted by atomic mass is 9.90. The first-order valence-corrected chi connectivity index (χ1v) is 7.54. The van der Waals surface area contributed by atoms with Crippen LogP contribution in [0.2, 0.25) is 0 Å². The van der Waals surface area contributed by atoms with E-state index in [0.29, 0.717) is 6.04 Å². The summed E-state index contributed by atoms with van der Waals surface area (Å²) in [6.45, 7) is 7.54. The van der Waals surface area contributed by atoms with Crippen molar-refractivity contribution in [3.05, 3.63) is 0 Å². The maximum absolute atomic E-state index is 12.3. The summed E-state index contributed by atoms with van der Waals surface area (Å²) in [5.41, 5.74) is -0.887. The molecule has 0 aliphatic heterocycles. The minimum Gasteiger partial charge on any atom is -0.348 e. The van der Waals surface area contributed by atoms with Crippen LogP contribution < -0.4 is 15.5 Å². The Kier molecular flexibility index (Phi) is 5.73. The molecule has 3 N–H and O–H groups in total. The molecule has 0 radical (unpaired) electrons. The number of quaternary nitrogens is 1. The molecule has 0 aromatic rings. The minimum atomic E-state index is -0.887. The second kappa shape index (κ2) is 6.90. The lowest BCUT2D eigenvalue weighted by molar-refractivity contribution is -0.886. The van der Waals surface area contributed by atoms with E-state index in [9.17, 15) is 14.9 Å². The van der Waals surface area contributed by atoms with Crippen LogP contribution in [0.25, 0.3) is 0 Å². The molecule has 1 aliphatic carbocycles. The SMILES string of the molecule is CC(C)[C@](C)(C#N)NC(=O)[C@@H](C)[NH+](C)CC(=O)NC1CC1. The highest BCUT2D eigenvalue weighted by Gasteiger charge is 2.34. The summed E-state index contributed by atoms with van der Waals surface area (Å²) in [7, 11) is 1.82. The van der Waals surface area contributed by atoms with Crippen molar-refractivity contribution in [3.8, 4) is 6.07 Å². The van der Waals surface area contributed by atoms with Gasteiger partial charge in [0.25, 0.3) is 11.8 Å². The van der Waals surface area contributed by atoms with E-state index >= 15 is 0 Å². The number of nitrogens with zero attached hydrogens (tertiary/aromatic N) is 1.